The number of hydrogen-bond donors (Lipinski definition) is 10. The molecule has 6 aliphatic carbocycles. The number of benzene rings is 1. The van der Waals surface area contributed by atoms with E-state index >= 15 is 0 Å². The Labute approximate surface area is 781 Å². The van der Waals surface area contributed by atoms with Crippen molar-refractivity contribution in [2.24, 2.45) is 65.1 Å². The maximum absolute atomic E-state index is 12.7. The number of nitrogens with one attached hydrogen (secondary N) is 5. The van der Waals surface area contributed by atoms with E-state index in [2.05, 4.69) is 49.8 Å². The number of fused-ring (bicyclic) bond motifs is 15. The standard InChI is InChI=1S/C21H21BN2O4S.C19H23BN2O4S.C18H23BN2O5S.C18H23BN2O4S.C17H21BN2O4S/c1-13-2-4-16(5-3-13)29(26,27)12-14-8-15(9-14)18-10-22(25)28-19-11-24-21-17(20(18)19)6-7-23-21;23-20-8-16(18-15-4-5-21-19(15)22-9-17(18)26-20)14-6-13(7-14)11-27(24,25)10-12-2-1-3-12;1-25-5-2-6-27(23,24)11-12-7-13(8-12)15-9-19(22)26-16-10-21-18-14(17(15)16)3-4-20-18;1-2-3-6-26(23,24)11-12-7-13(8-12)15-9-19(22)25-16-10-21-18-14(17(15)16)4-5-20-18;1-2-5-25(22,23)10-11-6-12(7-11)14-8-18(21)24-15-9-20-17-13(16(14)15)3-4-19-17/h2-7,10-11,14-15,25H,8-9,12H2,1H3,(H,23,24);4-5,8-9,12-14,23H,1-3,6-7,10-11H2,(H,21,22);3-4,9-10,12-13,22H,2,5-8,11H2,1H3,(H,20,21);4-5,9-10,12-13,22H,2-3,6-8,11H2,1H3,(H,20,21);3-4,8-9,11-12,21H,2,5-7,10H2,1H3,(H,19,20). The number of allylic oxidation sites excluding steroid dienone is 5. The van der Waals surface area contributed by atoms with Gasteiger partial charge in [-0.05, 0) is 269 Å². The Bertz CT molecular complexity index is 6970. The molecule has 134 heavy (non-hydrogen) atoms. The van der Waals surface area contributed by atoms with E-state index in [-0.39, 0.29) is 93.7 Å². The van der Waals surface area contributed by atoms with Gasteiger partial charge in [0.2, 0.25) is 0 Å². The fourth-order valence-corrected chi connectivity index (χ4v) is 30.4. The molecule has 22 rings (SSSR count). The first-order valence-corrected chi connectivity index (χ1v) is 55.5. The first-order valence-electron chi connectivity index (χ1n) is 46.5. The van der Waals surface area contributed by atoms with Crippen LogP contribution in [0.2, 0.25) is 0 Å². The number of methoxy groups -OCH3 is 1. The van der Waals surface area contributed by atoms with Gasteiger partial charge in [-0.1, -0.05) is 44.4 Å². The lowest BCUT2D eigenvalue weighted by molar-refractivity contribution is 0.199. The van der Waals surface area contributed by atoms with Gasteiger partial charge in [0.25, 0.3) is 0 Å². The topological polar surface area (TPSA) is 471 Å². The summed E-state index contributed by atoms with van der Waals surface area (Å²) in [4.78, 5) is 37.5. The molecule has 6 saturated carbocycles. The number of nitrogens with zero attached hydrogens (tertiary/aromatic N) is 5. The van der Waals surface area contributed by atoms with Gasteiger partial charge in [-0.25, -0.2) is 67.0 Å². The summed E-state index contributed by atoms with van der Waals surface area (Å²) in [5.74, 6) is 16.4. The number of ether oxygens (including phenoxy) is 1. The highest BCUT2D eigenvalue weighted by atomic mass is 32.2. The van der Waals surface area contributed by atoms with Crippen molar-refractivity contribution in [1.82, 2.24) is 49.8 Å². The molecule has 0 spiro atoms. The molecule has 0 unspecified atom stereocenters. The Morgan fingerprint density at radius 1 is 0.351 bits per heavy atom. The SMILES string of the molecule is CCCCS(=O)(=O)CC1CC(C2=CB(O)Oc3cnc4[nH]ccc4c32)C1.CCCS(=O)(=O)CC1CC(C2=CB(O)Oc3cnc4[nH]ccc4c32)C1.COCCCS(=O)(=O)CC1CC(C2=CB(O)Oc3cnc4[nH]ccc4c32)C1.Cc1ccc(S(=O)(=O)CC2CC(C3=CB(O)Oc4cnc5[nH]ccc5c43)C2)cc1.O=S(=O)(CC1CCC1)CC1CC(C2=CB(O)Oc3cnc4[nH]ccc4c32)C1. The monoisotopic (exact) mass is 1920 g/mol. The number of aryl methyl sites for hydroxylation is 1. The van der Waals surface area contributed by atoms with Crippen LogP contribution in [0.25, 0.3) is 83.0 Å². The second-order valence-corrected chi connectivity index (χ2v) is 48.9. The second kappa shape index (κ2) is 39.4. The van der Waals surface area contributed by atoms with Crippen molar-refractivity contribution < 1.29 is 95.2 Å². The third-order valence-corrected chi connectivity index (χ3v) is 37.7. The lowest BCUT2D eigenvalue weighted by Crippen LogP contribution is -2.35. The Balaban J connectivity index is 0.000000112. The molecular weight excluding hydrogens is 1810 g/mol. The van der Waals surface area contributed by atoms with E-state index in [1.165, 1.54) is 6.42 Å². The zero-order chi connectivity index (χ0) is 93.7. The summed E-state index contributed by atoms with van der Waals surface area (Å²) in [6.07, 6.45) is 31.6. The van der Waals surface area contributed by atoms with Crippen LogP contribution in [-0.2, 0) is 53.9 Å². The Morgan fingerprint density at radius 2 is 0.619 bits per heavy atom. The van der Waals surface area contributed by atoms with Gasteiger partial charge in [-0.2, -0.15) is 0 Å². The molecule has 0 saturated heterocycles. The van der Waals surface area contributed by atoms with Crippen LogP contribution in [0.1, 0.15) is 156 Å². The van der Waals surface area contributed by atoms with Crippen LogP contribution in [0.15, 0.2) is 151 Å². The zero-order valence-corrected chi connectivity index (χ0v) is 79.3. The predicted molar refractivity (Wildman–Crippen MR) is 521 cm³/mol. The Morgan fingerprint density at radius 3 is 0.888 bits per heavy atom. The molecule has 0 amide bonds. The van der Waals surface area contributed by atoms with Crippen LogP contribution < -0.4 is 23.3 Å². The van der Waals surface area contributed by atoms with Crippen LogP contribution in [0.5, 0.6) is 28.7 Å². The minimum Gasteiger partial charge on any atom is -0.531 e. The van der Waals surface area contributed by atoms with E-state index in [9.17, 15) is 67.2 Å². The van der Waals surface area contributed by atoms with Gasteiger partial charge in [-0.3, -0.25) is 0 Å². The maximum Gasteiger partial charge on any atom is 0.552 e. The lowest BCUT2D eigenvalue weighted by Gasteiger charge is -2.39. The van der Waals surface area contributed by atoms with E-state index in [1.54, 1.807) is 80.1 Å². The zero-order valence-electron chi connectivity index (χ0n) is 75.2. The summed E-state index contributed by atoms with van der Waals surface area (Å²) in [7, 11) is -18.6. The molecule has 31 nitrogen and oxygen atoms in total. The molecule has 10 aromatic heterocycles. The van der Waals surface area contributed by atoms with E-state index in [1.807, 2.05) is 94.2 Å². The van der Waals surface area contributed by atoms with E-state index in [0.29, 0.717) is 76.3 Å². The fourth-order valence-electron chi connectivity index (χ4n) is 21.2. The number of pyridine rings is 5. The normalized spacial score (nSPS) is 22.8. The number of rotatable bonds is 27. The third-order valence-electron chi connectivity index (χ3n) is 28.1. The largest absolute Gasteiger partial charge is 0.552 e. The predicted octanol–water partition coefficient (Wildman–Crippen LogP) is 12.4. The van der Waals surface area contributed by atoms with Crippen molar-refractivity contribution in [2.45, 2.75) is 135 Å². The number of sulfone groups is 5. The van der Waals surface area contributed by atoms with Gasteiger partial charge in [0.05, 0.1) is 81.9 Å². The van der Waals surface area contributed by atoms with Crippen molar-refractivity contribution in [3.05, 3.63) is 180 Å². The molecule has 11 aliphatic rings. The molecule has 1 aromatic carbocycles. The van der Waals surface area contributed by atoms with Crippen LogP contribution >= 0.6 is 0 Å². The fraction of sp³-hybridized carbons (Fsp3) is 0.452. The minimum absolute atomic E-state index is 0.110. The van der Waals surface area contributed by atoms with Gasteiger partial charge in [0, 0.05) is 105 Å². The van der Waals surface area contributed by atoms with Crippen LogP contribution in [0.4, 0.5) is 0 Å². The van der Waals surface area contributed by atoms with Crippen molar-refractivity contribution in [2.75, 3.05) is 65.5 Å². The maximum atomic E-state index is 12.7. The summed E-state index contributed by atoms with van der Waals surface area (Å²) in [6, 6.07) is 16.8. The van der Waals surface area contributed by atoms with Gasteiger partial charge in [0.1, 0.15) is 57.0 Å². The Kier molecular flexibility index (Phi) is 27.8. The molecule has 0 radical (unpaired) electrons. The lowest BCUT2D eigenvalue weighted by atomic mass is 9.66. The Hall–Kier alpha value is -9.80. The molecule has 11 aromatic rings. The third kappa shape index (κ3) is 21.0. The molecule has 41 heteroatoms. The summed E-state index contributed by atoms with van der Waals surface area (Å²) in [6.45, 7) is 6.31. The van der Waals surface area contributed by atoms with Crippen LogP contribution in [0, 0.1) is 72.0 Å². The first-order chi connectivity index (χ1) is 64.3. The number of unbranched alkanes of at least 4 members (excludes halogenated alkanes) is 1. The van der Waals surface area contributed by atoms with Gasteiger partial charge in [0.15, 0.2) is 49.2 Å². The summed E-state index contributed by atoms with van der Waals surface area (Å²) in [5, 5.41) is 55.1. The second-order valence-electron chi connectivity index (χ2n) is 38.0. The summed E-state index contributed by atoms with van der Waals surface area (Å²) in [5.41, 5.74) is 15.0. The van der Waals surface area contributed by atoms with Gasteiger partial charge in [-0.15, -0.1) is 0 Å². The quantitative estimate of drug-likeness (QED) is 0.0169. The van der Waals surface area contributed by atoms with Crippen LogP contribution in [-0.4, -0.2) is 218 Å². The van der Waals surface area contributed by atoms with E-state index < -0.39 is 84.8 Å². The molecule has 6 fully saturated rings. The van der Waals surface area contributed by atoms with Crippen molar-refractivity contribution >= 4 is 168 Å². The van der Waals surface area contributed by atoms with Gasteiger partial charge >= 0.3 is 35.6 Å². The van der Waals surface area contributed by atoms with E-state index in [4.69, 9.17) is 28.0 Å². The van der Waals surface area contributed by atoms with Crippen LogP contribution in [0.3, 0.4) is 0 Å². The number of aromatic nitrogens is 10. The molecule has 0 bridgehead atoms. The van der Waals surface area contributed by atoms with Gasteiger partial charge < -0.3 is 78.0 Å². The first kappa shape index (κ1) is 94.6. The summed E-state index contributed by atoms with van der Waals surface area (Å²) < 4.78 is 156. The molecule has 704 valence electrons. The summed E-state index contributed by atoms with van der Waals surface area (Å²) >= 11 is 0. The molecule has 10 N–H and O–H groups in total. The number of H-pyrrole nitrogens is 5. The minimum atomic E-state index is -3.30. The number of aromatic amines is 5. The average Bonchev–Trinajstić information content (AvgIpc) is 1.32. The highest BCUT2D eigenvalue weighted by Crippen LogP contribution is 2.55. The average molecular weight is 1920 g/mol. The molecule has 5 aliphatic heterocycles. The van der Waals surface area contributed by atoms with Crippen molar-refractivity contribution in [3.63, 3.8) is 0 Å². The van der Waals surface area contributed by atoms with Crippen molar-refractivity contribution in [3.8, 4) is 28.7 Å². The number of hydrogen-bond acceptors (Lipinski definition) is 26. The molecule has 0 atom stereocenters. The highest BCUT2D eigenvalue weighted by Gasteiger charge is 2.46. The smallest absolute Gasteiger partial charge is 0.531 e. The molecule has 15 heterocycles. The highest BCUT2D eigenvalue weighted by molar-refractivity contribution is 7.92. The van der Waals surface area contributed by atoms with E-state index in [0.717, 1.165) is 206 Å². The molecular formula is C93H111B5N10O21S5. The van der Waals surface area contributed by atoms with Crippen molar-refractivity contribution in [1.29, 1.82) is 0 Å².